The van der Waals surface area contributed by atoms with Gasteiger partial charge in [-0.1, -0.05) is 33.1 Å². The van der Waals surface area contributed by atoms with Gasteiger partial charge >= 0.3 is 0 Å². The molecule has 1 aliphatic rings. The molecule has 0 spiro atoms. The molecule has 1 unspecified atom stereocenters. The summed E-state index contributed by atoms with van der Waals surface area (Å²) in [5, 5.41) is 6.76. The van der Waals surface area contributed by atoms with Gasteiger partial charge in [0.05, 0.1) is 0 Å². The number of hydrogen-bond donors (Lipinski definition) is 2. The summed E-state index contributed by atoms with van der Waals surface area (Å²) in [7, 11) is 1.80. The van der Waals surface area contributed by atoms with Crippen molar-refractivity contribution in [3.63, 3.8) is 0 Å². The lowest BCUT2D eigenvalue weighted by molar-refractivity contribution is -0.129. The zero-order chi connectivity index (χ0) is 14.8. The largest absolute Gasteiger partial charge is 0.356 e. The van der Waals surface area contributed by atoms with Gasteiger partial charge < -0.3 is 15.5 Å². The van der Waals surface area contributed by atoms with Gasteiger partial charge in [0.2, 0.25) is 5.91 Å². The number of hydrogen-bond acceptors (Lipinski definition) is 2. The SMILES string of the molecule is CCCCCCNC(=NC)NC1CCN(C(=O)CC)C1. The molecule has 0 aromatic heterocycles. The quantitative estimate of drug-likeness (QED) is 0.425. The van der Waals surface area contributed by atoms with E-state index in [4.69, 9.17) is 0 Å². The van der Waals surface area contributed by atoms with E-state index in [1.165, 1.54) is 25.7 Å². The predicted molar refractivity (Wildman–Crippen MR) is 83.9 cm³/mol. The van der Waals surface area contributed by atoms with Crippen LogP contribution in [0.15, 0.2) is 4.99 Å². The minimum Gasteiger partial charge on any atom is -0.356 e. The Morgan fingerprint density at radius 3 is 2.75 bits per heavy atom. The van der Waals surface area contributed by atoms with Crippen LogP contribution in [0.5, 0.6) is 0 Å². The number of carbonyl (C=O) groups excluding carboxylic acids is 1. The highest BCUT2D eigenvalue weighted by molar-refractivity contribution is 5.80. The molecule has 0 aromatic carbocycles. The second-order valence-corrected chi connectivity index (χ2v) is 5.38. The van der Waals surface area contributed by atoms with Crippen molar-refractivity contribution in [2.24, 2.45) is 4.99 Å². The number of likely N-dealkylation sites (tertiary alicyclic amines) is 1. The first-order valence-corrected chi connectivity index (χ1v) is 7.96. The van der Waals surface area contributed by atoms with Crippen molar-refractivity contribution < 1.29 is 4.79 Å². The van der Waals surface area contributed by atoms with E-state index in [0.717, 1.165) is 32.0 Å². The molecule has 1 atom stereocenters. The zero-order valence-electron chi connectivity index (χ0n) is 13.2. The van der Waals surface area contributed by atoms with E-state index >= 15 is 0 Å². The van der Waals surface area contributed by atoms with Crippen molar-refractivity contribution in [1.82, 2.24) is 15.5 Å². The third-order valence-electron chi connectivity index (χ3n) is 3.73. The van der Waals surface area contributed by atoms with Crippen LogP contribution in [0.1, 0.15) is 52.4 Å². The Morgan fingerprint density at radius 1 is 1.30 bits per heavy atom. The summed E-state index contributed by atoms with van der Waals surface area (Å²) in [4.78, 5) is 17.8. The first-order valence-electron chi connectivity index (χ1n) is 7.96. The highest BCUT2D eigenvalue weighted by atomic mass is 16.2. The Hall–Kier alpha value is -1.26. The van der Waals surface area contributed by atoms with Crippen LogP contribution in [0.25, 0.3) is 0 Å². The summed E-state index contributed by atoms with van der Waals surface area (Å²) in [6.45, 7) is 6.75. The molecule has 0 aliphatic carbocycles. The topological polar surface area (TPSA) is 56.7 Å². The summed E-state index contributed by atoms with van der Waals surface area (Å²) < 4.78 is 0. The van der Waals surface area contributed by atoms with E-state index in [1.807, 2.05) is 11.8 Å². The number of rotatable bonds is 7. The van der Waals surface area contributed by atoms with Gasteiger partial charge in [0.1, 0.15) is 0 Å². The lowest BCUT2D eigenvalue weighted by Gasteiger charge is -2.18. The summed E-state index contributed by atoms with van der Waals surface area (Å²) in [5.74, 6) is 1.11. The molecule has 5 nitrogen and oxygen atoms in total. The number of amides is 1. The van der Waals surface area contributed by atoms with Crippen LogP contribution in [-0.2, 0) is 4.79 Å². The maximum atomic E-state index is 11.6. The number of guanidine groups is 1. The lowest BCUT2D eigenvalue weighted by atomic mass is 10.2. The Balaban J connectivity index is 2.23. The van der Waals surface area contributed by atoms with Gasteiger partial charge in [-0.15, -0.1) is 0 Å². The Labute approximate surface area is 123 Å². The first kappa shape index (κ1) is 16.8. The zero-order valence-corrected chi connectivity index (χ0v) is 13.2. The normalized spacial score (nSPS) is 19.2. The highest BCUT2D eigenvalue weighted by Gasteiger charge is 2.25. The highest BCUT2D eigenvalue weighted by Crippen LogP contribution is 2.10. The summed E-state index contributed by atoms with van der Waals surface area (Å²) >= 11 is 0. The van der Waals surface area contributed by atoms with Crippen molar-refractivity contribution >= 4 is 11.9 Å². The van der Waals surface area contributed by atoms with Crippen molar-refractivity contribution in [3.8, 4) is 0 Å². The fraction of sp³-hybridized carbons (Fsp3) is 0.867. The van der Waals surface area contributed by atoms with Crippen LogP contribution in [0.3, 0.4) is 0 Å². The fourth-order valence-electron chi connectivity index (χ4n) is 2.47. The minimum atomic E-state index is 0.247. The van der Waals surface area contributed by atoms with Crippen LogP contribution < -0.4 is 10.6 Å². The van der Waals surface area contributed by atoms with Crippen LogP contribution >= 0.6 is 0 Å². The predicted octanol–water partition coefficient (Wildman–Crippen LogP) is 1.74. The molecule has 0 bridgehead atoms. The minimum absolute atomic E-state index is 0.247. The third-order valence-corrected chi connectivity index (χ3v) is 3.73. The molecular weight excluding hydrogens is 252 g/mol. The van der Waals surface area contributed by atoms with Gasteiger partial charge in [0, 0.05) is 39.1 Å². The van der Waals surface area contributed by atoms with Crippen LogP contribution in [0.2, 0.25) is 0 Å². The average molecular weight is 282 g/mol. The Morgan fingerprint density at radius 2 is 2.10 bits per heavy atom. The molecule has 1 rings (SSSR count). The number of aliphatic imine (C=N–C) groups is 1. The molecule has 1 fully saturated rings. The molecule has 2 N–H and O–H groups in total. The van der Waals surface area contributed by atoms with E-state index in [0.29, 0.717) is 12.5 Å². The second kappa shape index (κ2) is 9.61. The van der Waals surface area contributed by atoms with Crippen molar-refractivity contribution in [1.29, 1.82) is 0 Å². The maximum absolute atomic E-state index is 11.6. The van der Waals surface area contributed by atoms with Gasteiger partial charge in [-0.05, 0) is 12.8 Å². The standard InChI is InChI=1S/C15H30N4O/c1-4-6-7-8-10-17-15(16-3)18-13-9-11-19(12-13)14(20)5-2/h13H,4-12H2,1-3H3,(H2,16,17,18). The maximum Gasteiger partial charge on any atom is 0.222 e. The van der Waals surface area contributed by atoms with Crippen LogP contribution in [0, 0.1) is 0 Å². The van der Waals surface area contributed by atoms with Gasteiger partial charge in [-0.3, -0.25) is 9.79 Å². The summed E-state index contributed by atoms with van der Waals surface area (Å²) in [5.41, 5.74) is 0. The smallest absolute Gasteiger partial charge is 0.222 e. The Bertz CT molecular complexity index is 317. The molecule has 0 aromatic rings. The molecule has 1 saturated heterocycles. The van der Waals surface area contributed by atoms with Crippen LogP contribution in [-0.4, -0.2) is 49.5 Å². The fourth-order valence-corrected chi connectivity index (χ4v) is 2.47. The summed E-state index contributed by atoms with van der Waals surface area (Å²) in [6.07, 6.45) is 6.60. The van der Waals surface area contributed by atoms with Crippen molar-refractivity contribution in [2.75, 3.05) is 26.7 Å². The molecule has 1 amide bonds. The third kappa shape index (κ3) is 5.80. The number of nitrogens with one attached hydrogen (secondary N) is 2. The van der Waals surface area contributed by atoms with E-state index < -0.39 is 0 Å². The van der Waals surface area contributed by atoms with Crippen molar-refractivity contribution in [2.45, 2.75) is 58.4 Å². The van der Waals surface area contributed by atoms with Gasteiger partial charge in [0.15, 0.2) is 5.96 Å². The molecule has 116 valence electrons. The summed E-state index contributed by atoms with van der Waals surface area (Å²) in [6, 6.07) is 0.326. The number of carbonyl (C=O) groups is 1. The number of unbranched alkanes of at least 4 members (excludes halogenated alkanes) is 3. The number of nitrogens with zero attached hydrogens (tertiary/aromatic N) is 2. The van der Waals surface area contributed by atoms with Gasteiger partial charge in [-0.2, -0.15) is 0 Å². The molecule has 20 heavy (non-hydrogen) atoms. The molecule has 0 saturated carbocycles. The van der Waals surface area contributed by atoms with Gasteiger partial charge in [-0.25, -0.2) is 0 Å². The van der Waals surface area contributed by atoms with Gasteiger partial charge in [0.25, 0.3) is 0 Å². The Kier molecular flexibility index (Phi) is 8.07. The molecule has 5 heteroatoms. The van der Waals surface area contributed by atoms with Crippen LogP contribution in [0.4, 0.5) is 0 Å². The molecule has 0 radical (unpaired) electrons. The average Bonchev–Trinajstić information content (AvgIpc) is 2.93. The molecular formula is C15H30N4O. The first-order chi connectivity index (χ1) is 9.71. The molecule has 1 heterocycles. The van der Waals surface area contributed by atoms with Crippen molar-refractivity contribution in [3.05, 3.63) is 0 Å². The van der Waals surface area contributed by atoms with E-state index in [9.17, 15) is 4.79 Å². The van der Waals surface area contributed by atoms with E-state index in [1.54, 1.807) is 7.05 Å². The monoisotopic (exact) mass is 282 g/mol. The van der Waals surface area contributed by atoms with E-state index in [-0.39, 0.29) is 5.91 Å². The second-order valence-electron chi connectivity index (χ2n) is 5.38. The lowest BCUT2D eigenvalue weighted by Crippen LogP contribution is -2.45. The molecule has 1 aliphatic heterocycles. The van der Waals surface area contributed by atoms with E-state index in [2.05, 4.69) is 22.5 Å².